The summed E-state index contributed by atoms with van der Waals surface area (Å²) < 4.78 is 32.7. The number of ether oxygens (including phenoxy) is 1. The van der Waals surface area contributed by atoms with Crippen LogP contribution in [0.2, 0.25) is 0 Å². The SMILES string of the molecule is CC1=C[C@@H](NS(=O)(=O)c2ccc(C)cc2)[C@@H](C)OC1. The van der Waals surface area contributed by atoms with Crippen molar-refractivity contribution in [1.29, 1.82) is 0 Å². The van der Waals surface area contributed by atoms with Crippen LogP contribution < -0.4 is 4.72 Å². The highest BCUT2D eigenvalue weighted by molar-refractivity contribution is 7.89. The molecule has 1 N–H and O–H groups in total. The van der Waals surface area contributed by atoms with Gasteiger partial charge in [-0.25, -0.2) is 13.1 Å². The molecule has 0 bridgehead atoms. The summed E-state index contributed by atoms with van der Waals surface area (Å²) in [5.41, 5.74) is 2.07. The minimum Gasteiger partial charge on any atom is -0.372 e. The molecule has 1 aromatic carbocycles. The van der Waals surface area contributed by atoms with Crippen LogP contribution in [0.3, 0.4) is 0 Å². The third-order valence-electron chi connectivity index (χ3n) is 3.17. The average molecular weight is 281 g/mol. The van der Waals surface area contributed by atoms with E-state index in [0.29, 0.717) is 6.61 Å². The molecule has 0 radical (unpaired) electrons. The first-order valence-corrected chi connectivity index (χ1v) is 7.75. The second kappa shape index (κ2) is 5.45. The number of sulfonamides is 1. The molecule has 5 heteroatoms. The van der Waals surface area contributed by atoms with Crippen molar-refractivity contribution in [3.05, 3.63) is 41.5 Å². The van der Waals surface area contributed by atoms with Crippen LogP contribution in [0.15, 0.2) is 40.8 Å². The van der Waals surface area contributed by atoms with E-state index in [1.54, 1.807) is 24.3 Å². The number of hydrogen-bond acceptors (Lipinski definition) is 3. The van der Waals surface area contributed by atoms with Gasteiger partial charge in [0.15, 0.2) is 0 Å². The fraction of sp³-hybridized carbons (Fsp3) is 0.429. The first-order chi connectivity index (χ1) is 8.88. The zero-order valence-corrected chi connectivity index (χ0v) is 12.2. The van der Waals surface area contributed by atoms with Crippen LogP contribution in [0.25, 0.3) is 0 Å². The Balaban J connectivity index is 2.21. The van der Waals surface area contributed by atoms with Crippen molar-refractivity contribution in [2.75, 3.05) is 6.61 Å². The molecule has 0 aromatic heterocycles. The highest BCUT2D eigenvalue weighted by atomic mass is 32.2. The van der Waals surface area contributed by atoms with E-state index < -0.39 is 10.0 Å². The van der Waals surface area contributed by atoms with Crippen molar-refractivity contribution in [1.82, 2.24) is 4.72 Å². The molecule has 0 saturated carbocycles. The smallest absolute Gasteiger partial charge is 0.241 e. The average Bonchev–Trinajstić information content (AvgIpc) is 2.34. The van der Waals surface area contributed by atoms with Gasteiger partial charge in [0.1, 0.15) is 0 Å². The number of hydrogen-bond donors (Lipinski definition) is 1. The van der Waals surface area contributed by atoms with E-state index in [4.69, 9.17) is 4.74 Å². The molecule has 1 aliphatic heterocycles. The van der Waals surface area contributed by atoms with Crippen molar-refractivity contribution in [3.8, 4) is 0 Å². The van der Waals surface area contributed by atoms with Gasteiger partial charge in [0.25, 0.3) is 0 Å². The first kappa shape index (κ1) is 14.2. The Morgan fingerprint density at radius 3 is 2.47 bits per heavy atom. The molecule has 4 nitrogen and oxygen atoms in total. The standard InChI is InChI=1S/C14H19NO3S/c1-10-4-6-13(7-5-10)19(16,17)15-14-8-11(2)9-18-12(14)3/h4-8,12,14-15H,9H2,1-3H3/t12-,14-/m1/s1. The van der Waals surface area contributed by atoms with E-state index in [1.165, 1.54) is 0 Å². The largest absolute Gasteiger partial charge is 0.372 e. The lowest BCUT2D eigenvalue weighted by Gasteiger charge is -2.27. The third-order valence-corrected chi connectivity index (χ3v) is 4.64. The van der Waals surface area contributed by atoms with Gasteiger partial charge in [0.05, 0.1) is 23.6 Å². The monoisotopic (exact) mass is 281 g/mol. The summed E-state index contributed by atoms with van der Waals surface area (Å²) in [6, 6.07) is 6.48. The summed E-state index contributed by atoms with van der Waals surface area (Å²) in [6.07, 6.45) is 1.75. The van der Waals surface area contributed by atoms with Crippen molar-refractivity contribution < 1.29 is 13.2 Å². The maximum atomic E-state index is 12.3. The molecule has 0 amide bonds. The second-order valence-electron chi connectivity index (χ2n) is 4.99. The predicted molar refractivity (Wildman–Crippen MR) is 74.5 cm³/mol. The zero-order chi connectivity index (χ0) is 14.0. The maximum absolute atomic E-state index is 12.3. The maximum Gasteiger partial charge on any atom is 0.241 e. The fourth-order valence-electron chi connectivity index (χ4n) is 1.95. The highest BCUT2D eigenvalue weighted by Crippen LogP contribution is 2.16. The van der Waals surface area contributed by atoms with Gasteiger partial charge in [-0.2, -0.15) is 0 Å². The van der Waals surface area contributed by atoms with Crippen LogP contribution in [-0.2, 0) is 14.8 Å². The molecule has 2 atom stereocenters. The van der Waals surface area contributed by atoms with Crippen molar-refractivity contribution >= 4 is 10.0 Å². The minimum atomic E-state index is -3.51. The molecule has 2 rings (SSSR count). The van der Waals surface area contributed by atoms with E-state index in [1.807, 2.05) is 26.8 Å². The van der Waals surface area contributed by atoms with Gasteiger partial charge in [-0.15, -0.1) is 0 Å². The minimum absolute atomic E-state index is 0.163. The van der Waals surface area contributed by atoms with E-state index in [0.717, 1.165) is 11.1 Å². The van der Waals surface area contributed by atoms with Gasteiger partial charge in [0, 0.05) is 0 Å². The van der Waals surface area contributed by atoms with E-state index in [2.05, 4.69) is 4.72 Å². The molecule has 1 heterocycles. The van der Waals surface area contributed by atoms with E-state index in [9.17, 15) is 8.42 Å². The topological polar surface area (TPSA) is 55.4 Å². The van der Waals surface area contributed by atoms with E-state index in [-0.39, 0.29) is 17.0 Å². The first-order valence-electron chi connectivity index (χ1n) is 6.26. The third kappa shape index (κ3) is 3.43. The quantitative estimate of drug-likeness (QED) is 0.862. The van der Waals surface area contributed by atoms with Gasteiger partial charge >= 0.3 is 0 Å². The Kier molecular flexibility index (Phi) is 4.08. The highest BCUT2D eigenvalue weighted by Gasteiger charge is 2.26. The number of rotatable bonds is 3. The molecule has 0 saturated heterocycles. The van der Waals surface area contributed by atoms with Crippen LogP contribution in [0.1, 0.15) is 19.4 Å². The lowest BCUT2D eigenvalue weighted by atomic mass is 10.1. The Morgan fingerprint density at radius 1 is 1.21 bits per heavy atom. The van der Waals surface area contributed by atoms with E-state index >= 15 is 0 Å². The van der Waals surface area contributed by atoms with Crippen molar-refractivity contribution in [2.45, 2.75) is 37.8 Å². The zero-order valence-electron chi connectivity index (χ0n) is 11.4. The molecule has 1 aromatic rings. The summed E-state index contributed by atoms with van der Waals surface area (Å²) in [5, 5.41) is 0. The summed E-state index contributed by atoms with van der Waals surface area (Å²) in [6.45, 7) is 6.28. The lowest BCUT2D eigenvalue weighted by Crippen LogP contribution is -2.44. The van der Waals surface area contributed by atoms with Crippen molar-refractivity contribution in [2.24, 2.45) is 0 Å². The molecule has 0 fully saturated rings. The van der Waals surface area contributed by atoms with Gasteiger partial charge in [-0.3, -0.25) is 0 Å². The van der Waals surface area contributed by atoms with Crippen molar-refractivity contribution in [3.63, 3.8) is 0 Å². The molecule has 0 unspecified atom stereocenters. The molecule has 0 aliphatic carbocycles. The number of aryl methyl sites for hydroxylation is 1. The molecule has 1 aliphatic rings. The van der Waals surface area contributed by atoms with Crippen LogP contribution in [0, 0.1) is 6.92 Å². The molecular weight excluding hydrogens is 262 g/mol. The Labute approximate surface area is 114 Å². The van der Waals surface area contributed by atoms with Gasteiger partial charge in [0.2, 0.25) is 10.0 Å². The Morgan fingerprint density at radius 2 is 1.84 bits per heavy atom. The van der Waals surface area contributed by atoms with Crippen LogP contribution in [0.5, 0.6) is 0 Å². The fourth-order valence-corrected chi connectivity index (χ4v) is 3.20. The Bertz CT molecular complexity index is 575. The van der Waals surface area contributed by atoms with Gasteiger partial charge in [-0.1, -0.05) is 29.3 Å². The normalized spacial score (nSPS) is 24.1. The Hall–Kier alpha value is -1.17. The second-order valence-corrected chi connectivity index (χ2v) is 6.70. The molecular formula is C14H19NO3S. The lowest BCUT2D eigenvalue weighted by molar-refractivity contribution is 0.0598. The molecule has 0 spiro atoms. The number of benzene rings is 1. The van der Waals surface area contributed by atoms with Crippen LogP contribution in [-0.4, -0.2) is 27.2 Å². The molecule has 19 heavy (non-hydrogen) atoms. The summed E-state index contributed by atoms with van der Waals surface area (Å²) >= 11 is 0. The van der Waals surface area contributed by atoms with Gasteiger partial charge in [-0.05, 0) is 32.9 Å². The van der Waals surface area contributed by atoms with Crippen LogP contribution in [0.4, 0.5) is 0 Å². The number of nitrogens with one attached hydrogen (secondary N) is 1. The summed E-state index contributed by atoms with van der Waals surface area (Å²) in [4.78, 5) is 0.280. The predicted octanol–water partition coefficient (Wildman–Crippen LogP) is 2.01. The summed E-state index contributed by atoms with van der Waals surface area (Å²) in [7, 11) is -3.51. The van der Waals surface area contributed by atoms with Crippen LogP contribution >= 0.6 is 0 Å². The van der Waals surface area contributed by atoms with Gasteiger partial charge < -0.3 is 4.74 Å². The molecule has 104 valence electrons. The summed E-state index contributed by atoms with van der Waals surface area (Å²) in [5.74, 6) is 0.